The van der Waals surface area contributed by atoms with Crippen LogP contribution in [0.3, 0.4) is 0 Å². The van der Waals surface area contributed by atoms with E-state index in [1.54, 1.807) is 6.92 Å². The number of nitrogens with one attached hydrogen (secondary N) is 3. The number of urea groups is 1. The lowest BCUT2D eigenvalue weighted by molar-refractivity contribution is -0.135. The number of halogens is 3. The predicted octanol–water partition coefficient (Wildman–Crippen LogP) is 1.91. The molecule has 30 heavy (non-hydrogen) atoms. The highest BCUT2D eigenvalue weighted by atomic mass is 19.2. The van der Waals surface area contributed by atoms with Gasteiger partial charge < -0.3 is 16.0 Å². The van der Waals surface area contributed by atoms with Gasteiger partial charge in [0, 0.05) is 0 Å². The van der Waals surface area contributed by atoms with Gasteiger partial charge in [0.15, 0.2) is 17.5 Å². The summed E-state index contributed by atoms with van der Waals surface area (Å²) in [5.74, 6) is -6.66. The molecule has 0 radical (unpaired) electrons. The van der Waals surface area contributed by atoms with E-state index < -0.39 is 65.5 Å². The summed E-state index contributed by atoms with van der Waals surface area (Å²) in [7, 11) is 0. The largest absolute Gasteiger partial charge is 0.345 e. The fourth-order valence-electron chi connectivity index (χ4n) is 2.83. The lowest BCUT2D eigenvalue weighted by Crippen LogP contribution is -2.46. The molecular formula is C19H23F3N4O4. The lowest BCUT2D eigenvalue weighted by Gasteiger charge is -2.22. The minimum atomic E-state index is -1.74. The molecule has 1 fully saturated rings. The van der Waals surface area contributed by atoms with Gasteiger partial charge in [-0.1, -0.05) is 13.8 Å². The highest BCUT2D eigenvalue weighted by molar-refractivity contribution is 6.09. The number of nitrogens with zero attached hydrogens (tertiary/aromatic N) is 1. The van der Waals surface area contributed by atoms with Crippen LogP contribution >= 0.6 is 0 Å². The van der Waals surface area contributed by atoms with Gasteiger partial charge in [-0.2, -0.15) is 0 Å². The standard InChI is InChI=1S/C19H23F3N4O4/c1-10(2)6-7-19(3)17(29)26(18(30)25-19)9-14(28)23-8-13(27)24-12-5-4-11(20)15(21)16(12)22/h4-5,10H,6-9H2,1-3H3,(H,23,28)(H,24,27)(H,25,30)/t19-/m0/s1. The molecule has 0 unspecified atom stereocenters. The SMILES string of the molecule is CC(C)CC[C@]1(C)NC(=O)N(CC(=O)NCC(=O)Nc2ccc(F)c(F)c2F)C1=O. The van der Waals surface area contributed by atoms with E-state index in [0.29, 0.717) is 24.8 Å². The van der Waals surface area contributed by atoms with Crippen LogP contribution in [0.2, 0.25) is 0 Å². The van der Waals surface area contributed by atoms with E-state index in [1.165, 1.54) is 0 Å². The van der Waals surface area contributed by atoms with Crippen LogP contribution in [0.25, 0.3) is 0 Å². The summed E-state index contributed by atoms with van der Waals surface area (Å²) >= 11 is 0. The molecular weight excluding hydrogens is 405 g/mol. The summed E-state index contributed by atoms with van der Waals surface area (Å²) in [4.78, 5) is 49.2. The van der Waals surface area contributed by atoms with E-state index >= 15 is 0 Å². The van der Waals surface area contributed by atoms with Crippen LogP contribution in [0.15, 0.2) is 12.1 Å². The summed E-state index contributed by atoms with van der Waals surface area (Å²) in [5, 5.41) is 6.74. The first-order chi connectivity index (χ1) is 13.9. The van der Waals surface area contributed by atoms with Crippen molar-refractivity contribution < 1.29 is 32.3 Å². The minimum Gasteiger partial charge on any atom is -0.345 e. The fourth-order valence-corrected chi connectivity index (χ4v) is 2.83. The van der Waals surface area contributed by atoms with Crippen LogP contribution in [0.1, 0.15) is 33.6 Å². The Bertz CT molecular complexity index is 878. The Morgan fingerprint density at radius 1 is 1.13 bits per heavy atom. The second kappa shape index (κ2) is 9.14. The first-order valence-corrected chi connectivity index (χ1v) is 9.28. The van der Waals surface area contributed by atoms with E-state index in [9.17, 15) is 32.3 Å². The zero-order chi connectivity index (χ0) is 22.6. The van der Waals surface area contributed by atoms with Crippen LogP contribution in [0.5, 0.6) is 0 Å². The average Bonchev–Trinajstić information content (AvgIpc) is 2.89. The van der Waals surface area contributed by atoms with E-state index in [-0.39, 0.29) is 0 Å². The van der Waals surface area contributed by atoms with E-state index in [0.717, 1.165) is 11.0 Å². The van der Waals surface area contributed by atoms with Crippen molar-refractivity contribution in [3.8, 4) is 0 Å². The first kappa shape index (κ1) is 23.2. The Labute approximate surface area is 171 Å². The van der Waals surface area contributed by atoms with Gasteiger partial charge in [0.25, 0.3) is 5.91 Å². The maximum absolute atomic E-state index is 13.6. The quantitative estimate of drug-likeness (QED) is 0.434. The molecule has 8 nitrogen and oxygen atoms in total. The molecule has 11 heteroatoms. The summed E-state index contributed by atoms with van der Waals surface area (Å²) < 4.78 is 39.6. The summed E-state index contributed by atoms with van der Waals surface area (Å²) in [6, 6.07) is 0.758. The molecule has 0 saturated carbocycles. The van der Waals surface area contributed by atoms with Gasteiger partial charge in [-0.05, 0) is 37.8 Å². The lowest BCUT2D eigenvalue weighted by atomic mass is 9.92. The number of carbonyl (C=O) groups is 4. The van der Waals surface area contributed by atoms with Crippen molar-refractivity contribution in [3.63, 3.8) is 0 Å². The first-order valence-electron chi connectivity index (χ1n) is 9.28. The molecule has 1 aromatic rings. The van der Waals surface area contributed by atoms with Crippen LogP contribution < -0.4 is 16.0 Å². The fraction of sp³-hybridized carbons (Fsp3) is 0.474. The molecule has 164 valence electrons. The zero-order valence-corrected chi connectivity index (χ0v) is 16.8. The molecule has 0 aliphatic carbocycles. The monoisotopic (exact) mass is 428 g/mol. The van der Waals surface area contributed by atoms with Crippen molar-refractivity contribution in [1.82, 2.24) is 15.5 Å². The maximum atomic E-state index is 13.6. The molecule has 3 N–H and O–H groups in total. The number of hydrogen-bond acceptors (Lipinski definition) is 4. The van der Waals surface area contributed by atoms with Gasteiger partial charge >= 0.3 is 6.03 Å². The van der Waals surface area contributed by atoms with Crippen molar-refractivity contribution in [2.75, 3.05) is 18.4 Å². The molecule has 5 amide bonds. The van der Waals surface area contributed by atoms with E-state index in [1.807, 2.05) is 19.2 Å². The van der Waals surface area contributed by atoms with Gasteiger partial charge in [-0.3, -0.25) is 19.3 Å². The number of rotatable bonds is 8. The van der Waals surface area contributed by atoms with E-state index in [4.69, 9.17) is 0 Å². The Balaban J connectivity index is 1.88. The van der Waals surface area contributed by atoms with Gasteiger partial charge in [0.05, 0.1) is 12.2 Å². The molecule has 1 aliphatic rings. The second-order valence-electron chi connectivity index (χ2n) is 7.63. The molecule has 1 aliphatic heterocycles. The summed E-state index contributed by atoms with van der Waals surface area (Å²) in [6.45, 7) is 4.30. The molecule has 0 aromatic heterocycles. The highest BCUT2D eigenvalue weighted by Crippen LogP contribution is 2.24. The van der Waals surface area contributed by atoms with Crippen LogP contribution in [0.4, 0.5) is 23.7 Å². The maximum Gasteiger partial charge on any atom is 0.325 e. The third kappa shape index (κ3) is 5.28. The van der Waals surface area contributed by atoms with Gasteiger partial charge in [0.2, 0.25) is 11.8 Å². The number of imide groups is 1. The molecule has 0 spiro atoms. The topological polar surface area (TPSA) is 108 Å². The molecule has 0 bridgehead atoms. The normalized spacial score (nSPS) is 18.6. The van der Waals surface area contributed by atoms with Gasteiger partial charge in [-0.15, -0.1) is 0 Å². The molecule has 2 rings (SSSR count). The van der Waals surface area contributed by atoms with Crippen molar-refractivity contribution in [1.29, 1.82) is 0 Å². The van der Waals surface area contributed by atoms with Crippen molar-refractivity contribution in [3.05, 3.63) is 29.6 Å². The Morgan fingerprint density at radius 2 is 1.80 bits per heavy atom. The van der Waals surface area contributed by atoms with Crippen LogP contribution in [-0.4, -0.2) is 47.3 Å². The number of carbonyl (C=O) groups excluding carboxylic acids is 4. The van der Waals surface area contributed by atoms with Crippen molar-refractivity contribution >= 4 is 29.4 Å². The molecule has 1 saturated heterocycles. The number of amides is 5. The smallest absolute Gasteiger partial charge is 0.325 e. The van der Waals surface area contributed by atoms with E-state index in [2.05, 4.69) is 10.6 Å². The number of benzene rings is 1. The summed E-state index contributed by atoms with van der Waals surface area (Å²) in [6.07, 6.45) is 1.11. The van der Waals surface area contributed by atoms with Crippen molar-refractivity contribution in [2.24, 2.45) is 5.92 Å². The highest BCUT2D eigenvalue weighted by Gasteiger charge is 2.47. The Morgan fingerprint density at radius 3 is 2.43 bits per heavy atom. The average molecular weight is 428 g/mol. The number of hydrogen-bond donors (Lipinski definition) is 3. The predicted molar refractivity (Wildman–Crippen MR) is 101 cm³/mol. The Kier molecular flexibility index (Phi) is 7.06. The third-order valence-electron chi connectivity index (χ3n) is 4.62. The van der Waals surface area contributed by atoms with Crippen LogP contribution in [0, 0.1) is 23.4 Å². The van der Waals surface area contributed by atoms with Crippen LogP contribution in [-0.2, 0) is 14.4 Å². The second-order valence-corrected chi connectivity index (χ2v) is 7.63. The van der Waals surface area contributed by atoms with Gasteiger partial charge in [0.1, 0.15) is 12.1 Å². The molecule has 1 aromatic carbocycles. The third-order valence-corrected chi connectivity index (χ3v) is 4.62. The minimum absolute atomic E-state index is 0.321. The summed E-state index contributed by atoms with van der Waals surface area (Å²) in [5.41, 5.74) is -1.70. The Hall–Kier alpha value is -3.11. The molecule has 1 heterocycles. The van der Waals surface area contributed by atoms with Gasteiger partial charge in [-0.25, -0.2) is 18.0 Å². The van der Waals surface area contributed by atoms with Crippen molar-refractivity contribution in [2.45, 2.75) is 39.2 Å². The molecule has 1 atom stereocenters. The zero-order valence-electron chi connectivity index (χ0n) is 16.8. The number of anilines is 1.